The van der Waals surface area contributed by atoms with E-state index < -0.39 is 0 Å². The van der Waals surface area contributed by atoms with Crippen LogP contribution in [0.15, 0.2) is 59.1 Å². The maximum atomic E-state index is 12.1. The van der Waals surface area contributed by atoms with E-state index in [2.05, 4.69) is 10.3 Å². The van der Waals surface area contributed by atoms with Crippen molar-refractivity contribution in [2.45, 2.75) is 0 Å². The van der Waals surface area contributed by atoms with Crippen molar-refractivity contribution in [1.29, 1.82) is 0 Å². The standard InChI is InChI=1S/C16H10Cl2N2O2/c17-10-4-5-11(12(18)9-10)13-6-7-14(22-13)16(21)20-15-3-1-2-8-19-15/h1-9H,(H,19,20,21). The van der Waals surface area contributed by atoms with E-state index in [0.29, 0.717) is 27.2 Å². The molecule has 2 heterocycles. The molecule has 0 spiro atoms. The zero-order chi connectivity index (χ0) is 15.5. The Kier molecular flexibility index (Phi) is 4.13. The lowest BCUT2D eigenvalue weighted by Gasteiger charge is -2.02. The van der Waals surface area contributed by atoms with Crippen LogP contribution < -0.4 is 5.32 Å². The lowest BCUT2D eigenvalue weighted by atomic mass is 10.2. The number of nitrogens with zero attached hydrogens (tertiary/aromatic N) is 1. The van der Waals surface area contributed by atoms with Crippen LogP contribution >= 0.6 is 23.2 Å². The van der Waals surface area contributed by atoms with E-state index in [4.69, 9.17) is 27.6 Å². The smallest absolute Gasteiger partial charge is 0.292 e. The molecule has 0 fully saturated rings. The third-order valence-corrected chi connectivity index (χ3v) is 3.48. The van der Waals surface area contributed by atoms with Crippen molar-refractivity contribution in [2.75, 3.05) is 5.32 Å². The number of aromatic nitrogens is 1. The lowest BCUT2D eigenvalue weighted by Crippen LogP contribution is -2.11. The first-order valence-electron chi connectivity index (χ1n) is 6.41. The Balaban J connectivity index is 1.83. The fourth-order valence-corrected chi connectivity index (χ4v) is 2.41. The zero-order valence-corrected chi connectivity index (χ0v) is 12.7. The van der Waals surface area contributed by atoms with Gasteiger partial charge in [0, 0.05) is 16.8 Å². The highest BCUT2D eigenvalue weighted by Gasteiger charge is 2.14. The highest BCUT2D eigenvalue weighted by atomic mass is 35.5. The monoisotopic (exact) mass is 332 g/mol. The predicted octanol–water partition coefficient (Wildman–Crippen LogP) is 4.90. The molecule has 0 aliphatic rings. The molecule has 110 valence electrons. The maximum Gasteiger partial charge on any atom is 0.292 e. The number of nitrogens with one attached hydrogen (secondary N) is 1. The first kappa shape index (κ1) is 14.6. The Morgan fingerprint density at radius 3 is 2.68 bits per heavy atom. The van der Waals surface area contributed by atoms with Crippen molar-refractivity contribution in [3.05, 3.63) is 70.5 Å². The summed E-state index contributed by atoms with van der Waals surface area (Å²) in [4.78, 5) is 16.1. The molecule has 6 heteroatoms. The Labute approximate surface area is 136 Å². The molecule has 22 heavy (non-hydrogen) atoms. The number of rotatable bonds is 3. The number of halogens is 2. The summed E-state index contributed by atoms with van der Waals surface area (Å²) >= 11 is 12.0. The maximum absolute atomic E-state index is 12.1. The molecule has 3 aromatic rings. The van der Waals surface area contributed by atoms with Gasteiger partial charge in [0.1, 0.15) is 11.6 Å². The van der Waals surface area contributed by atoms with Crippen molar-refractivity contribution in [1.82, 2.24) is 4.98 Å². The Morgan fingerprint density at radius 2 is 1.95 bits per heavy atom. The van der Waals surface area contributed by atoms with Gasteiger partial charge in [0.05, 0.1) is 5.02 Å². The van der Waals surface area contributed by atoms with Gasteiger partial charge in [-0.25, -0.2) is 4.98 Å². The van der Waals surface area contributed by atoms with Crippen LogP contribution in [0.1, 0.15) is 10.6 Å². The van der Waals surface area contributed by atoms with E-state index in [1.54, 1.807) is 54.7 Å². The Hall–Kier alpha value is -2.30. The van der Waals surface area contributed by atoms with Gasteiger partial charge in [0.15, 0.2) is 5.76 Å². The first-order chi connectivity index (χ1) is 10.6. The zero-order valence-electron chi connectivity index (χ0n) is 11.2. The van der Waals surface area contributed by atoms with Crippen molar-refractivity contribution in [3.63, 3.8) is 0 Å². The molecule has 3 rings (SSSR count). The van der Waals surface area contributed by atoms with Gasteiger partial charge >= 0.3 is 0 Å². The number of hydrogen-bond donors (Lipinski definition) is 1. The number of amides is 1. The minimum atomic E-state index is -0.380. The average Bonchev–Trinajstić information content (AvgIpc) is 2.98. The molecule has 0 radical (unpaired) electrons. The van der Waals surface area contributed by atoms with Crippen LogP contribution in [-0.2, 0) is 0 Å². The van der Waals surface area contributed by atoms with E-state index in [1.807, 2.05) is 0 Å². The van der Waals surface area contributed by atoms with E-state index in [1.165, 1.54) is 0 Å². The largest absolute Gasteiger partial charge is 0.451 e. The van der Waals surface area contributed by atoms with Gasteiger partial charge in [-0.2, -0.15) is 0 Å². The summed E-state index contributed by atoms with van der Waals surface area (Å²) in [6.07, 6.45) is 1.59. The van der Waals surface area contributed by atoms with Gasteiger partial charge in [-0.15, -0.1) is 0 Å². The molecule has 0 unspecified atom stereocenters. The van der Waals surface area contributed by atoms with Crippen LogP contribution in [0.25, 0.3) is 11.3 Å². The van der Waals surface area contributed by atoms with Crippen molar-refractivity contribution >= 4 is 34.9 Å². The topological polar surface area (TPSA) is 55.1 Å². The van der Waals surface area contributed by atoms with Crippen LogP contribution in [0.4, 0.5) is 5.82 Å². The number of furan rings is 1. The van der Waals surface area contributed by atoms with Gasteiger partial charge in [-0.1, -0.05) is 29.3 Å². The first-order valence-corrected chi connectivity index (χ1v) is 7.17. The Bertz CT molecular complexity index is 816. The van der Waals surface area contributed by atoms with Gasteiger partial charge in [-0.3, -0.25) is 4.79 Å². The van der Waals surface area contributed by atoms with E-state index in [0.717, 1.165) is 0 Å². The van der Waals surface area contributed by atoms with E-state index in [9.17, 15) is 4.79 Å². The van der Waals surface area contributed by atoms with Crippen LogP contribution in [0, 0.1) is 0 Å². The molecule has 0 saturated carbocycles. The molecule has 1 N–H and O–H groups in total. The van der Waals surface area contributed by atoms with E-state index >= 15 is 0 Å². The molecule has 1 aromatic carbocycles. The summed E-state index contributed by atoms with van der Waals surface area (Å²) in [5, 5.41) is 3.64. The number of pyridine rings is 1. The van der Waals surface area contributed by atoms with E-state index in [-0.39, 0.29) is 11.7 Å². The highest BCUT2D eigenvalue weighted by molar-refractivity contribution is 6.36. The summed E-state index contributed by atoms with van der Waals surface area (Å²) in [7, 11) is 0. The van der Waals surface area contributed by atoms with Crippen molar-refractivity contribution < 1.29 is 9.21 Å². The quantitative estimate of drug-likeness (QED) is 0.742. The normalized spacial score (nSPS) is 10.5. The minimum absolute atomic E-state index is 0.173. The molecule has 2 aromatic heterocycles. The van der Waals surface area contributed by atoms with Crippen molar-refractivity contribution in [3.8, 4) is 11.3 Å². The summed E-state index contributed by atoms with van der Waals surface area (Å²) in [5.74, 6) is 0.740. The fourth-order valence-electron chi connectivity index (χ4n) is 1.91. The molecule has 0 atom stereocenters. The van der Waals surface area contributed by atoms with Gasteiger partial charge < -0.3 is 9.73 Å². The fraction of sp³-hybridized carbons (Fsp3) is 0. The average molecular weight is 333 g/mol. The summed E-state index contributed by atoms with van der Waals surface area (Å²) < 4.78 is 5.56. The number of benzene rings is 1. The van der Waals surface area contributed by atoms with Crippen molar-refractivity contribution in [2.24, 2.45) is 0 Å². The molecule has 0 aliphatic heterocycles. The molecule has 1 amide bonds. The molecular formula is C16H10Cl2N2O2. The third kappa shape index (κ3) is 3.13. The number of carbonyl (C=O) groups excluding carboxylic acids is 1. The second-order valence-electron chi connectivity index (χ2n) is 4.46. The predicted molar refractivity (Wildman–Crippen MR) is 86.4 cm³/mol. The number of hydrogen-bond acceptors (Lipinski definition) is 3. The highest BCUT2D eigenvalue weighted by Crippen LogP contribution is 2.31. The van der Waals surface area contributed by atoms with Crippen LogP contribution in [-0.4, -0.2) is 10.9 Å². The van der Waals surface area contributed by atoms with Crippen LogP contribution in [0.5, 0.6) is 0 Å². The minimum Gasteiger partial charge on any atom is -0.451 e. The molecule has 4 nitrogen and oxygen atoms in total. The summed E-state index contributed by atoms with van der Waals surface area (Å²) in [6, 6.07) is 13.6. The number of carbonyl (C=O) groups is 1. The summed E-state index contributed by atoms with van der Waals surface area (Å²) in [5.41, 5.74) is 0.669. The molecule has 0 aliphatic carbocycles. The Morgan fingerprint density at radius 1 is 1.09 bits per heavy atom. The van der Waals surface area contributed by atoms with Gasteiger partial charge in [0.2, 0.25) is 0 Å². The second-order valence-corrected chi connectivity index (χ2v) is 5.30. The SMILES string of the molecule is O=C(Nc1ccccn1)c1ccc(-c2ccc(Cl)cc2Cl)o1. The third-order valence-electron chi connectivity index (χ3n) is 2.93. The number of anilines is 1. The van der Waals surface area contributed by atoms with Crippen LogP contribution in [0.3, 0.4) is 0 Å². The summed E-state index contributed by atoms with van der Waals surface area (Å²) in [6.45, 7) is 0. The van der Waals surface area contributed by atoms with Crippen LogP contribution in [0.2, 0.25) is 10.0 Å². The van der Waals surface area contributed by atoms with Gasteiger partial charge in [-0.05, 0) is 42.5 Å². The van der Waals surface area contributed by atoms with Gasteiger partial charge in [0.25, 0.3) is 5.91 Å². The lowest BCUT2D eigenvalue weighted by molar-refractivity contribution is 0.0997. The molecule has 0 bridgehead atoms. The molecular weight excluding hydrogens is 323 g/mol. The molecule has 0 saturated heterocycles. The second kappa shape index (κ2) is 6.22.